The van der Waals surface area contributed by atoms with Crippen LogP contribution in [0.25, 0.3) is 10.2 Å². The molecule has 3 heterocycles. The number of hydrogen-bond acceptors (Lipinski definition) is 8. The molecule has 3 aromatic heterocycles. The molecule has 0 aliphatic carbocycles. The van der Waals surface area contributed by atoms with Gasteiger partial charge >= 0.3 is 0 Å². The van der Waals surface area contributed by atoms with Crippen molar-refractivity contribution in [3.63, 3.8) is 0 Å². The number of fused-ring (bicyclic) bond motifs is 1. The van der Waals surface area contributed by atoms with Crippen LogP contribution >= 0.6 is 34.4 Å². The van der Waals surface area contributed by atoms with Crippen LogP contribution in [0.1, 0.15) is 12.6 Å². The molecule has 0 aliphatic heterocycles. The molecule has 1 amide bonds. The Morgan fingerprint density at radius 1 is 1.23 bits per heavy atom. The summed E-state index contributed by atoms with van der Waals surface area (Å²) in [7, 11) is 3.29. The molecule has 0 bridgehead atoms. The Bertz CT molecular complexity index is 1280. The zero-order valence-electron chi connectivity index (χ0n) is 16.5. The largest absolute Gasteiger partial charge is 0.495 e. The zero-order chi connectivity index (χ0) is 21.3. The molecule has 0 spiro atoms. The van der Waals surface area contributed by atoms with Crippen molar-refractivity contribution in [2.75, 3.05) is 12.0 Å². The highest BCUT2D eigenvalue weighted by atomic mass is 32.2. The molecule has 7 nitrogen and oxygen atoms in total. The Morgan fingerprint density at radius 3 is 2.80 bits per heavy atom. The average molecular weight is 459 g/mol. The van der Waals surface area contributed by atoms with Crippen molar-refractivity contribution in [3.05, 3.63) is 57.1 Å². The third-order valence-electron chi connectivity index (χ3n) is 4.38. The van der Waals surface area contributed by atoms with Crippen LogP contribution in [0.3, 0.4) is 0 Å². The minimum absolute atomic E-state index is 0.0540. The molecular weight excluding hydrogens is 440 g/mol. The summed E-state index contributed by atoms with van der Waals surface area (Å²) < 4.78 is 6.96. The number of aromatic nitrogens is 3. The molecule has 1 aromatic carbocycles. The topological polar surface area (TPSA) is 77.3 Å². The number of amides is 1. The van der Waals surface area contributed by atoms with Gasteiger partial charge in [0.2, 0.25) is 5.91 Å². The molecule has 10 heteroatoms. The molecule has 0 atom stereocenters. The molecular formula is C20H18N4O3S3. The number of thioether (sulfide) groups is 1. The third kappa shape index (κ3) is 3.85. The minimum atomic E-state index is -0.153. The second-order valence-corrected chi connectivity index (χ2v) is 9.01. The smallest absolute Gasteiger partial charge is 0.262 e. The Hall–Kier alpha value is -2.69. The lowest BCUT2D eigenvalue weighted by Crippen LogP contribution is -2.23. The summed E-state index contributed by atoms with van der Waals surface area (Å²) in [6.45, 7) is 1.50. The second-order valence-electron chi connectivity index (χ2n) is 6.33. The number of thiophene rings is 1. The second kappa shape index (κ2) is 8.58. The summed E-state index contributed by atoms with van der Waals surface area (Å²) in [4.78, 5) is 36.3. The molecule has 0 fully saturated rings. The van der Waals surface area contributed by atoms with Crippen LogP contribution in [-0.2, 0) is 17.6 Å². The summed E-state index contributed by atoms with van der Waals surface area (Å²) in [6, 6.07) is 9.14. The third-order valence-corrected chi connectivity index (χ3v) is 7.13. The van der Waals surface area contributed by atoms with Crippen LogP contribution < -0.4 is 15.2 Å². The highest BCUT2D eigenvalue weighted by molar-refractivity contribution is 7.98. The predicted molar refractivity (Wildman–Crippen MR) is 122 cm³/mol. The maximum atomic E-state index is 12.5. The summed E-state index contributed by atoms with van der Waals surface area (Å²) in [6.07, 6.45) is 0. The van der Waals surface area contributed by atoms with Crippen molar-refractivity contribution in [2.24, 2.45) is 7.05 Å². The number of hydrogen-bond donors (Lipinski definition) is 0. The van der Waals surface area contributed by atoms with Crippen molar-refractivity contribution < 1.29 is 9.53 Å². The average Bonchev–Trinajstić information content (AvgIpc) is 3.39. The van der Waals surface area contributed by atoms with Crippen LogP contribution in [0.15, 0.2) is 51.0 Å². The van der Waals surface area contributed by atoms with Crippen LogP contribution in [0.2, 0.25) is 0 Å². The van der Waals surface area contributed by atoms with Gasteiger partial charge in [0.25, 0.3) is 5.56 Å². The Labute approximate surface area is 185 Å². The molecule has 0 aliphatic rings. The van der Waals surface area contributed by atoms with Gasteiger partial charge in [-0.2, -0.15) is 0 Å². The zero-order valence-corrected chi connectivity index (χ0v) is 18.9. The van der Waals surface area contributed by atoms with E-state index >= 15 is 0 Å². The van der Waals surface area contributed by atoms with Gasteiger partial charge in [-0.1, -0.05) is 23.9 Å². The van der Waals surface area contributed by atoms with E-state index in [9.17, 15) is 9.59 Å². The van der Waals surface area contributed by atoms with Crippen molar-refractivity contribution in [1.82, 2.24) is 14.5 Å². The van der Waals surface area contributed by atoms with Crippen molar-refractivity contribution in [2.45, 2.75) is 17.8 Å². The molecule has 0 saturated heterocycles. The normalized spacial score (nSPS) is 11.0. The maximum absolute atomic E-state index is 12.5. The fourth-order valence-electron chi connectivity index (χ4n) is 2.93. The first kappa shape index (κ1) is 20.6. The standard InChI is InChI=1S/C20H18N4O3S3/c1-12(25)24(15-6-4-5-7-16(15)27-3)20-21-13(11-30-20)10-29-19-22-17-14(8-9-28-17)18(26)23(19)2/h4-9,11H,10H2,1-3H3. The lowest BCUT2D eigenvalue weighted by molar-refractivity contribution is -0.115. The van der Waals surface area contributed by atoms with E-state index in [1.165, 1.54) is 41.4 Å². The molecule has 4 aromatic rings. The van der Waals surface area contributed by atoms with Gasteiger partial charge in [-0.3, -0.25) is 19.1 Å². The number of carbonyl (C=O) groups excluding carboxylic acids is 1. The summed E-state index contributed by atoms with van der Waals surface area (Å²) in [5, 5.41) is 5.62. The van der Waals surface area contributed by atoms with E-state index in [2.05, 4.69) is 9.97 Å². The minimum Gasteiger partial charge on any atom is -0.495 e. The van der Waals surface area contributed by atoms with Gasteiger partial charge in [-0.25, -0.2) is 9.97 Å². The number of rotatable bonds is 6. The Kier molecular flexibility index (Phi) is 5.89. The summed E-state index contributed by atoms with van der Waals surface area (Å²) in [5.41, 5.74) is 1.40. The number of thiazole rings is 1. The molecule has 0 unspecified atom stereocenters. The van der Waals surface area contributed by atoms with E-state index in [-0.39, 0.29) is 11.5 Å². The first-order valence-corrected chi connectivity index (χ1v) is 11.7. The van der Waals surface area contributed by atoms with Crippen LogP contribution in [0.5, 0.6) is 5.75 Å². The summed E-state index contributed by atoms with van der Waals surface area (Å²) >= 11 is 4.28. The van der Waals surface area contributed by atoms with Gasteiger partial charge in [0.15, 0.2) is 10.3 Å². The van der Waals surface area contributed by atoms with Gasteiger partial charge in [-0.15, -0.1) is 22.7 Å². The van der Waals surface area contributed by atoms with Crippen LogP contribution in [0, 0.1) is 0 Å². The first-order chi connectivity index (χ1) is 14.5. The van der Waals surface area contributed by atoms with Gasteiger partial charge in [-0.05, 0) is 23.6 Å². The lowest BCUT2D eigenvalue weighted by atomic mass is 10.2. The van der Waals surface area contributed by atoms with E-state index in [1.54, 1.807) is 29.7 Å². The van der Waals surface area contributed by atoms with Crippen molar-refractivity contribution >= 4 is 61.4 Å². The monoisotopic (exact) mass is 458 g/mol. The number of benzene rings is 1. The molecule has 154 valence electrons. The highest BCUT2D eigenvalue weighted by Gasteiger charge is 2.21. The van der Waals surface area contributed by atoms with E-state index in [0.717, 1.165) is 10.5 Å². The predicted octanol–water partition coefficient (Wildman–Crippen LogP) is 4.44. The van der Waals surface area contributed by atoms with E-state index in [1.807, 2.05) is 35.0 Å². The lowest BCUT2D eigenvalue weighted by Gasteiger charge is -2.20. The molecule has 0 N–H and O–H groups in total. The fourth-order valence-corrected chi connectivity index (χ4v) is 5.59. The fraction of sp³-hybridized carbons (Fsp3) is 0.200. The Balaban J connectivity index is 1.59. The van der Waals surface area contributed by atoms with Crippen LogP contribution in [0.4, 0.5) is 10.8 Å². The summed E-state index contributed by atoms with van der Waals surface area (Å²) in [5.74, 6) is 0.980. The van der Waals surface area contributed by atoms with Gasteiger partial charge in [0.05, 0.1) is 23.9 Å². The molecule has 30 heavy (non-hydrogen) atoms. The van der Waals surface area contributed by atoms with E-state index in [0.29, 0.717) is 32.9 Å². The number of nitrogens with zero attached hydrogens (tertiary/aromatic N) is 4. The van der Waals surface area contributed by atoms with Crippen LogP contribution in [-0.4, -0.2) is 27.6 Å². The number of ether oxygens (including phenoxy) is 1. The molecule has 0 saturated carbocycles. The maximum Gasteiger partial charge on any atom is 0.262 e. The van der Waals surface area contributed by atoms with Gasteiger partial charge in [0, 0.05) is 25.1 Å². The number of para-hydroxylation sites is 2. The highest BCUT2D eigenvalue weighted by Crippen LogP contribution is 2.36. The SMILES string of the molecule is COc1ccccc1N(C(C)=O)c1nc(CSc2nc3sccc3c(=O)n2C)cs1. The van der Waals surface area contributed by atoms with Crippen molar-refractivity contribution in [1.29, 1.82) is 0 Å². The number of carbonyl (C=O) groups is 1. The molecule has 4 rings (SSSR count). The van der Waals surface area contributed by atoms with E-state index in [4.69, 9.17) is 4.74 Å². The molecule has 0 radical (unpaired) electrons. The quantitative estimate of drug-likeness (QED) is 0.314. The van der Waals surface area contributed by atoms with Gasteiger partial charge in [0.1, 0.15) is 10.6 Å². The number of methoxy groups -OCH3 is 1. The van der Waals surface area contributed by atoms with Crippen molar-refractivity contribution in [3.8, 4) is 5.75 Å². The van der Waals surface area contributed by atoms with Gasteiger partial charge < -0.3 is 4.74 Å². The first-order valence-electron chi connectivity index (χ1n) is 8.94. The Morgan fingerprint density at radius 2 is 2.03 bits per heavy atom. The van der Waals surface area contributed by atoms with E-state index < -0.39 is 0 Å². The number of anilines is 2.